The van der Waals surface area contributed by atoms with Crippen molar-refractivity contribution in [2.24, 2.45) is 0 Å². The maximum atomic E-state index is 12.1. The molecular formula is C20H39NO4. The minimum absolute atomic E-state index is 0.0444. The van der Waals surface area contributed by atoms with Gasteiger partial charge >= 0.3 is 5.97 Å². The summed E-state index contributed by atoms with van der Waals surface area (Å²) < 4.78 is 0. The van der Waals surface area contributed by atoms with Crippen LogP contribution in [0.1, 0.15) is 104 Å². The van der Waals surface area contributed by atoms with Crippen LogP contribution >= 0.6 is 0 Å². The van der Waals surface area contributed by atoms with E-state index in [1.165, 1.54) is 32.1 Å². The lowest BCUT2D eigenvalue weighted by atomic mass is 10.0. The van der Waals surface area contributed by atoms with Crippen molar-refractivity contribution in [3.05, 3.63) is 0 Å². The van der Waals surface area contributed by atoms with E-state index in [2.05, 4.69) is 19.2 Å². The highest BCUT2D eigenvalue weighted by atomic mass is 16.4. The molecule has 0 fully saturated rings. The van der Waals surface area contributed by atoms with Crippen LogP contribution in [0.3, 0.4) is 0 Å². The Labute approximate surface area is 153 Å². The number of carboxylic acids is 1. The Hall–Kier alpha value is -1.10. The monoisotopic (exact) mass is 357 g/mol. The number of carbonyl (C=O) groups excluding carboxylic acids is 1. The van der Waals surface area contributed by atoms with Gasteiger partial charge in [-0.25, -0.2) is 0 Å². The molecule has 1 unspecified atom stereocenters. The minimum Gasteiger partial charge on any atom is -0.481 e. The normalized spacial score (nSPS) is 13.4. The summed E-state index contributed by atoms with van der Waals surface area (Å²) in [6.07, 6.45) is 12.1. The highest BCUT2D eigenvalue weighted by Gasteiger charge is 2.19. The Kier molecular flexibility index (Phi) is 15.7. The topological polar surface area (TPSA) is 86.6 Å². The summed E-state index contributed by atoms with van der Waals surface area (Å²) in [7, 11) is 0. The van der Waals surface area contributed by atoms with E-state index in [4.69, 9.17) is 5.11 Å². The van der Waals surface area contributed by atoms with Gasteiger partial charge in [-0.2, -0.15) is 0 Å². The highest BCUT2D eigenvalue weighted by molar-refractivity contribution is 5.80. The Morgan fingerprint density at radius 3 is 1.92 bits per heavy atom. The van der Waals surface area contributed by atoms with E-state index in [0.717, 1.165) is 38.5 Å². The van der Waals surface area contributed by atoms with Gasteiger partial charge in [0.05, 0.1) is 0 Å². The second kappa shape index (κ2) is 16.4. The maximum Gasteiger partial charge on any atom is 0.303 e. The van der Waals surface area contributed by atoms with Gasteiger partial charge < -0.3 is 15.5 Å². The van der Waals surface area contributed by atoms with E-state index in [1.54, 1.807) is 0 Å². The van der Waals surface area contributed by atoms with Gasteiger partial charge in [-0.1, -0.05) is 78.1 Å². The fourth-order valence-electron chi connectivity index (χ4n) is 2.94. The van der Waals surface area contributed by atoms with Gasteiger partial charge in [0.2, 0.25) is 5.91 Å². The van der Waals surface area contributed by atoms with Crippen LogP contribution in [0, 0.1) is 0 Å². The molecule has 0 bridgehead atoms. The summed E-state index contributed by atoms with van der Waals surface area (Å²) in [6, 6.07) is -0.156. The number of unbranched alkanes of at least 4 members (excludes halogenated alkanes) is 8. The SMILES string of the molecule is CCCCCCCCCCC(O)C(=O)N[C@H](CCCC)CCC(=O)O. The lowest BCUT2D eigenvalue weighted by Gasteiger charge is -2.20. The zero-order valence-electron chi connectivity index (χ0n) is 16.3. The number of aliphatic hydroxyl groups excluding tert-OH is 1. The Morgan fingerprint density at radius 2 is 1.36 bits per heavy atom. The second-order valence-electron chi connectivity index (χ2n) is 7.06. The van der Waals surface area contributed by atoms with E-state index >= 15 is 0 Å². The molecule has 148 valence electrons. The third-order valence-electron chi connectivity index (χ3n) is 4.59. The first-order chi connectivity index (χ1) is 12.0. The largest absolute Gasteiger partial charge is 0.481 e. The lowest BCUT2D eigenvalue weighted by Crippen LogP contribution is -2.41. The third-order valence-corrected chi connectivity index (χ3v) is 4.59. The molecule has 5 heteroatoms. The van der Waals surface area contributed by atoms with Crippen molar-refractivity contribution in [1.29, 1.82) is 0 Å². The predicted octanol–water partition coefficient (Wildman–Crippen LogP) is 4.42. The van der Waals surface area contributed by atoms with Gasteiger partial charge in [0.15, 0.2) is 0 Å². The van der Waals surface area contributed by atoms with Crippen LogP contribution in [-0.2, 0) is 9.59 Å². The van der Waals surface area contributed by atoms with Crippen molar-refractivity contribution in [1.82, 2.24) is 5.32 Å². The molecule has 0 aromatic heterocycles. The number of aliphatic carboxylic acids is 1. The number of aliphatic hydroxyl groups is 1. The van der Waals surface area contributed by atoms with Gasteiger partial charge in [-0.05, 0) is 19.3 Å². The molecule has 5 nitrogen and oxygen atoms in total. The fraction of sp³-hybridized carbons (Fsp3) is 0.900. The maximum absolute atomic E-state index is 12.1. The molecule has 0 spiro atoms. The molecule has 0 heterocycles. The molecule has 0 aromatic rings. The summed E-state index contributed by atoms with van der Waals surface area (Å²) in [4.78, 5) is 22.8. The van der Waals surface area contributed by atoms with Crippen LogP contribution in [-0.4, -0.2) is 34.2 Å². The molecule has 0 aromatic carbocycles. The van der Waals surface area contributed by atoms with Crippen molar-refractivity contribution >= 4 is 11.9 Å². The van der Waals surface area contributed by atoms with Gasteiger partial charge in [-0.15, -0.1) is 0 Å². The number of rotatable bonds is 17. The molecule has 2 atom stereocenters. The predicted molar refractivity (Wildman–Crippen MR) is 102 cm³/mol. The van der Waals surface area contributed by atoms with Crippen molar-refractivity contribution in [3.63, 3.8) is 0 Å². The average Bonchev–Trinajstić information content (AvgIpc) is 2.59. The highest BCUT2D eigenvalue weighted by Crippen LogP contribution is 2.12. The van der Waals surface area contributed by atoms with Gasteiger partial charge in [0, 0.05) is 12.5 Å². The number of hydrogen-bond acceptors (Lipinski definition) is 3. The summed E-state index contributed by atoms with van der Waals surface area (Å²) in [6.45, 7) is 4.27. The molecule has 0 rings (SSSR count). The van der Waals surface area contributed by atoms with E-state index in [1.807, 2.05) is 0 Å². The number of carboxylic acid groups (broad SMARTS) is 1. The number of nitrogens with one attached hydrogen (secondary N) is 1. The van der Waals surface area contributed by atoms with Crippen LogP contribution < -0.4 is 5.32 Å². The van der Waals surface area contributed by atoms with Crippen molar-refractivity contribution in [2.45, 2.75) is 116 Å². The van der Waals surface area contributed by atoms with Crippen LogP contribution in [0.5, 0.6) is 0 Å². The Bertz CT molecular complexity index is 347. The number of carbonyl (C=O) groups is 2. The second-order valence-corrected chi connectivity index (χ2v) is 7.06. The van der Waals surface area contributed by atoms with Crippen molar-refractivity contribution in [3.8, 4) is 0 Å². The summed E-state index contributed by atoms with van der Waals surface area (Å²) in [5, 5.41) is 21.6. The standard InChI is InChI=1S/C20H39NO4/c1-3-5-7-8-9-10-11-12-14-18(22)20(25)21-17(13-6-4-2)15-16-19(23)24/h17-18,22H,3-16H2,1-2H3,(H,21,25)(H,23,24)/t17-,18?/m1/s1. The zero-order valence-corrected chi connectivity index (χ0v) is 16.3. The van der Waals surface area contributed by atoms with E-state index in [0.29, 0.717) is 12.8 Å². The lowest BCUT2D eigenvalue weighted by molar-refractivity contribution is -0.138. The quantitative estimate of drug-likeness (QED) is 0.336. The van der Waals surface area contributed by atoms with Crippen LogP contribution in [0.25, 0.3) is 0 Å². The first kappa shape index (κ1) is 23.9. The minimum atomic E-state index is -0.978. The zero-order chi connectivity index (χ0) is 18.9. The molecule has 25 heavy (non-hydrogen) atoms. The summed E-state index contributed by atoms with van der Waals surface area (Å²) >= 11 is 0. The van der Waals surface area contributed by atoms with Crippen molar-refractivity contribution in [2.75, 3.05) is 0 Å². The van der Waals surface area contributed by atoms with Crippen LogP contribution in [0.15, 0.2) is 0 Å². The Morgan fingerprint density at radius 1 is 0.800 bits per heavy atom. The molecular weight excluding hydrogens is 318 g/mol. The van der Waals surface area contributed by atoms with E-state index < -0.39 is 12.1 Å². The molecule has 1 amide bonds. The average molecular weight is 358 g/mol. The van der Waals surface area contributed by atoms with Gasteiger partial charge in [-0.3, -0.25) is 9.59 Å². The number of amides is 1. The van der Waals surface area contributed by atoms with Crippen LogP contribution in [0.2, 0.25) is 0 Å². The van der Waals surface area contributed by atoms with E-state index in [9.17, 15) is 14.7 Å². The Balaban J connectivity index is 3.92. The summed E-state index contributed by atoms with van der Waals surface area (Å²) in [5.74, 6) is -1.20. The smallest absolute Gasteiger partial charge is 0.303 e. The molecule has 0 aliphatic carbocycles. The van der Waals surface area contributed by atoms with Crippen LogP contribution in [0.4, 0.5) is 0 Å². The van der Waals surface area contributed by atoms with Gasteiger partial charge in [0.1, 0.15) is 6.10 Å². The molecule has 3 N–H and O–H groups in total. The molecule has 0 saturated carbocycles. The molecule has 0 aliphatic rings. The molecule has 0 radical (unpaired) electrons. The van der Waals surface area contributed by atoms with E-state index in [-0.39, 0.29) is 18.4 Å². The number of hydrogen-bond donors (Lipinski definition) is 3. The molecule has 0 aliphatic heterocycles. The first-order valence-corrected chi connectivity index (χ1v) is 10.2. The molecule has 0 saturated heterocycles. The van der Waals surface area contributed by atoms with Crippen molar-refractivity contribution < 1.29 is 19.8 Å². The fourth-order valence-corrected chi connectivity index (χ4v) is 2.94. The summed E-state index contributed by atoms with van der Waals surface area (Å²) in [5.41, 5.74) is 0. The first-order valence-electron chi connectivity index (χ1n) is 10.2. The van der Waals surface area contributed by atoms with Gasteiger partial charge in [0.25, 0.3) is 0 Å². The third kappa shape index (κ3) is 14.9.